The van der Waals surface area contributed by atoms with E-state index in [1.807, 2.05) is 17.2 Å². The van der Waals surface area contributed by atoms with Gasteiger partial charge in [-0.2, -0.15) is 5.10 Å². The number of piperidine rings is 1. The van der Waals surface area contributed by atoms with Crippen molar-refractivity contribution in [2.24, 2.45) is 0 Å². The van der Waals surface area contributed by atoms with Crippen molar-refractivity contribution < 1.29 is 4.79 Å². The topological polar surface area (TPSA) is 66.8 Å². The predicted octanol–water partition coefficient (Wildman–Crippen LogP) is 2.86. The lowest BCUT2D eigenvalue weighted by Gasteiger charge is -2.32. The Bertz CT molecular complexity index is 867. The van der Waals surface area contributed by atoms with Crippen molar-refractivity contribution in [2.45, 2.75) is 38.6 Å². The Hall–Kier alpha value is -2.63. The summed E-state index contributed by atoms with van der Waals surface area (Å²) in [6.07, 6.45) is 6.22. The molecule has 1 aliphatic rings. The Balaban J connectivity index is 1.43. The van der Waals surface area contributed by atoms with Crippen molar-refractivity contribution >= 4 is 16.9 Å². The van der Waals surface area contributed by atoms with E-state index >= 15 is 0 Å². The molecule has 3 aromatic rings. The molecule has 6 heteroatoms. The third kappa shape index (κ3) is 3.43. The molecule has 1 fully saturated rings. The summed E-state index contributed by atoms with van der Waals surface area (Å²) in [5.41, 5.74) is 3.31. The van der Waals surface area contributed by atoms with E-state index in [2.05, 4.69) is 35.2 Å². The average Bonchev–Trinajstić information content (AvgIpc) is 3.28. The minimum Gasteiger partial charge on any atom is -0.342 e. The first-order valence-corrected chi connectivity index (χ1v) is 8.90. The highest BCUT2D eigenvalue weighted by atomic mass is 16.2. The molecular formula is C19H23N5O. The highest BCUT2D eigenvalue weighted by Crippen LogP contribution is 2.27. The van der Waals surface area contributed by atoms with E-state index in [-0.39, 0.29) is 11.8 Å². The number of amides is 1. The van der Waals surface area contributed by atoms with Crippen LogP contribution in [0.15, 0.2) is 36.7 Å². The number of nitrogens with one attached hydrogen (secondary N) is 1. The maximum atomic E-state index is 12.5. The number of fused-ring (bicyclic) bond motifs is 1. The van der Waals surface area contributed by atoms with E-state index in [9.17, 15) is 4.79 Å². The number of aromatic amines is 1. The second kappa shape index (κ2) is 6.70. The molecule has 25 heavy (non-hydrogen) atoms. The van der Waals surface area contributed by atoms with Crippen molar-refractivity contribution in [2.75, 3.05) is 13.1 Å². The summed E-state index contributed by atoms with van der Waals surface area (Å²) in [6, 6.07) is 8.14. The highest BCUT2D eigenvalue weighted by molar-refractivity contribution is 5.77. The monoisotopic (exact) mass is 337 g/mol. The molecule has 2 aromatic heterocycles. The number of aryl methyl sites for hydroxylation is 2. The number of carbonyl (C=O) groups is 1. The first kappa shape index (κ1) is 15.9. The molecule has 1 saturated heterocycles. The first-order chi connectivity index (χ1) is 12.2. The van der Waals surface area contributed by atoms with Crippen molar-refractivity contribution in [3.05, 3.63) is 48.0 Å². The lowest BCUT2D eigenvalue weighted by molar-refractivity contribution is -0.132. The number of aromatic nitrogens is 4. The van der Waals surface area contributed by atoms with Crippen LogP contribution in [0.5, 0.6) is 0 Å². The van der Waals surface area contributed by atoms with Crippen LogP contribution >= 0.6 is 0 Å². The van der Waals surface area contributed by atoms with E-state index in [0.29, 0.717) is 13.0 Å². The molecule has 0 unspecified atom stereocenters. The van der Waals surface area contributed by atoms with Gasteiger partial charge in [-0.1, -0.05) is 6.07 Å². The lowest BCUT2D eigenvalue weighted by Crippen LogP contribution is -2.39. The zero-order valence-corrected chi connectivity index (χ0v) is 14.5. The van der Waals surface area contributed by atoms with Gasteiger partial charge in [-0.25, -0.2) is 4.98 Å². The van der Waals surface area contributed by atoms with Crippen molar-refractivity contribution in [1.29, 1.82) is 0 Å². The molecule has 0 radical (unpaired) electrons. The van der Waals surface area contributed by atoms with Gasteiger partial charge in [-0.3, -0.25) is 9.48 Å². The number of rotatable bonds is 4. The fourth-order valence-electron chi connectivity index (χ4n) is 3.56. The molecule has 4 rings (SSSR count). The second-order valence-electron chi connectivity index (χ2n) is 6.84. The van der Waals surface area contributed by atoms with E-state index in [1.165, 1.54) is 5.56 Å². The zero-order chi connectivity index (χ0) is 17.2. The molecule has 1 aromatic carbocycles. The molecule has 1 N–H and O–H groups in total. The largest absolute Gasteiger partial charge is 0.342 e. The van der Waals surface area contributed by atoms with Gasteiger partial charge in [0.2, 0.25) is 5.91 Å². The van der Waals surface area contributed by atoms with Gasteiger partial charge >= 0.3 is 0 Å². The molecule has 1 atom stereocenters. The van der Waals surface area contributed by atoms with Crippen LogP contribution in [0.25, 0.3) is 11.0 Å². The Morgan fingerprint density at radius 2 is 2.32 bits per heavy atom. The maximum absolute atomic E-state index is 12.5. The van der Waals surface area contributed by atoms with Crippen molar-refractivity contribution in [1.82, 2.24) is 24.6 Å². The van der Waals surface area contributed by atoms with Crippen LogP contribution in [-0.4, -0.2) is 43.6 Å². The van der Waals surface area contributed by atoms with E-state index < -0.39 is 0 Å². The third-order valence-electron chi connectivity index (χ3n) is 4.93. The molecule has 0 spiro atoms. The van der Waals surface area contributed by atoms with Crippen LogP contribution < -0.4 is 0 Å². The summed E-state index contributed by atoms with van der Waals surface area (Å²) in [6.45, 7) is 4.31. The molecule has 0 saturated carbocycles. The molecule has 130 valence electrons. The molecule has 0 aliphatic carbocycles. The molecule has 3 heterocycles. The summed E-state index contributed by atoms with van der Waals surface area (Å²) < 4.78 is 1.81. The Labute approximate surface area is 146 Å². The smallest absolute Gasteiger partial charge is 0.224 e. The van der Waals surface area contributed by atoms with Gasteiger partial charge in [0, 0.05) is 44.4 Å². The zero-order valence-electron chi connectivity index (χ0n) is 14.5. The number of H-pyrrole nitrogens is 1. The molecule has 1 aliphatic heterocycles. The summed E-state index contributed by atoms with van der Waals surface area (Å²) >= 11 is 0. The Morgan fingerprint density at radius 1 is 1.40 bits per heavy atom. The SMILES string of the molecule is Cc1ccc2nc([C@@H]3CCCN(C(=O)CCn4cccn4)C3)[nH]c2c1. The standard InChI is InChI=1S/C19H23N5O/c1-14-5-6-16-17(12-14)22-19(21-16)15-4-2-9-23(13-15)18(25)7-11-24-10-3-8-20-24/h3,5-6,8,10,12,15H,2,4,7,9,11,13H2,1H3,(H,21,22)/t15-/m1/s1. The normalized spacial score (nSPS) is 18.0. The number of nitrogens with zero attached hydrogens (tertiary/aromatic N) is 4. The Kier molecular flexibility index (Phi) is 4.26. The summed E-state index contributed by atoms with van der Waals surface area (Å²) in [7, 11) is 0. The number of likely N-dealkylation sites (tertiary alicyclic amines) is 1. The average molecular weight is 337 g/mol. The summed E-state index contributed by atoms with van der Waals surface area (Å²) in [4.78, 5) is 22.7. The van der Waals surface area contributed by atoms with Crippen LogP contribution in [0.2, 0.25) is 0 Å². The number of carbonyl (C=O) groups excluding carboxylic acids is 1. The van der Waals surface area contributed by atoms with Gasteiger partial charge < -0.3 is 9.88 Å². The van der Waals surface area contributed by atoms with E-state index in [0.717, 1.165) is 42.8 Å². The quantitative estimate of drug-likeness (QED) is 0.796. The van der Waals surface area contributed by atoms with E-state index in [4.69, 9.17) is 4.98 Å². The number of imidazole rings is 1. The maximum Gasteiger partial charge on any atom is 0.224 e. The molecule has 6 nitrogen and oxygen atoms in total. The second-order valence-corrected chi connectivity index (χ2v) is 6.84. The third-order valence-corrected chi connectivity index (χ3v) is 4.93. The van der Waals surface area contributed by atoms with Crippen molar-refractivity contribution in [3.63, 3.8) is 0 Å². The highest BCUT2D eigenvalue weighted by Gasteiger charge is 2.26. The summed E-state index contributed by atoms with van der Waals surface area (Å²) in [5, 5.41) is 4.16. The van der Waals surface area contributed by atoms with E-state index in [1.54, 1.807) is 10.9 Å². The van der Waals surface area contributed by atoms with Crippen molar-refractivity contribution in [3.8, 4) is 0 Å². The van der Waals surface area contributed by atoms with Gasteiger partial charge in [-0.15, -0.1) is 0 Å². The van der Waals surface area contributed by atoms with Crippen LogP contribution in [0.1, 0.15) is 36.6 Å². The van der Waals surface area contributed by atoms with Gasteiger partial charge in [0.1, 0.15) is 5.82 Å². The van der Waals surface area contributed by atoms with Crippen LogP contribution in [0.4, 0.5) is 0 Å². The number of hydrogen-bond donors (Lipinski definition) is 1. The molecular weight excluding hydrogens is 314 g/mol. The fourth-order valence-corrected chi connectivity index (χ4v) is 3.56. The lowest BCUT2D eigenvalue weighted by atomic mass is 9.97. The minimum absolute atomic E-state index is 0.201. The van der Waals surface area contributed by atoms with Crippen LogP contribution in [0, 0.1) is 6.92 Å². The first-order valence-electron chi connectivity index (χ1n) is 8.90. The minimum atomic E-state index is 0.201. The van der Waals surface area contributed by atoms with Gasteiger partial charge in [0.05, 0.1) is 11.0 Å². The van der Waals surface area contributed by atoms with Gasteiger partial charge in [-0.05, 0) is 43.5 Å². The van der Waals surface area contributed by atoms with Crippen LogP contribution in [-0.2, 0) is 11.3 Å². The number of benzene rings is 1. The Morgan fingerprint density at radius 3 is 3.16 bits per heavy atom. The van der Waals surface area contributed by atoms with Gasteiger partial charge in [0.25, 0.3) is 0 Å². The van der Waals surface area contributed by atoms with Crippen LogP contribution in [0.3, 0.4) is 0 Å². The molecule has 1 amide bonds. The fraction of sp³-hybridized carbons (Fsp3) is 0.421. The predicted molar refractivity (Wildman–Crippen MR) is 96.2 cm³/mol. The number of hydrogen-bond acceptors (Lipinski definition) is 3. The van der Waals surface area contributed by atoms with Gasteiger partial charge in [0.15, 0.2) is 0 Å². The molecule has 0 bridgehead atoms. The summed E-state index contributed by atoms with van der Waals surface area (Å²) in [5.74, 6) is 1.49.